The van der Waals surface area contributed by atoms with Crippen LogP contribution in [0.4, 0.5) is 0 Å². The summed E-state index contributed by atoms with van der Waals surface area (Å²) in [5, 5.41) is 64.0. The molecule has 0 heterocycles. The summed E-state index contributed by atoms with van der Waals surface area (Å²) < 4.78 is 29.9. The summed E-state index contributed by atoms with van der Waals surface area (Å²) in [7, 11) is -11.7. The van der Waals surface area contributed by atoms with Crippen LogP contribution in [0.2, 0.25) is 0 Å². The Bertz CT molecular complexity index is 3250. The topological polar surface area (TPSA) is 638 Å². The molecule has 0 radical (unpaired) electrons. The number of nitrogens with one attached hydrogen (secondary N) is 11. The van der Waals surface area contributed by atoms with E-state index in [0.717, 1.165) is 6.92 Å². The highest BCUT2D eigenvalue weighted by atomic mass is 31.2. The monoisotopic (exact) mass is 1470 g/mol. The molecule has 0 saturated carbocycles. The van der Waals surface area contributed by atoms with Crippen LogP contribution in [0.1, 0.15) is 117 Å². The molecule has 25 N–H and O–H groups in total. The van der Waals surface area contributed by atoms with E-state index in [1.54, 1.807) is 33.0 Å². The third kappa shape index (κ3) is 32.7. The highest BCUT2D eigenvalue weighted by molar-refractivity contribution is 7.53. The van der Waals surface area contributed by atoms with Gasteiger partial charge in [-0.15, -0.1) is 0 Å². The second kappa shape index (κ2) is 43.2. The summed E-state index contributed by atoms with van der Waals surface area (Å²) in [4.78, 5) is 216. The van der Waals surface area contributed by atoms with Gasteiger partial charge in [-0.1, -0.05) is 78.6 Å². The molecule has 0 saturated heterocycles. The van der Waals surface area contributed by atoms with Crippen LogP contribution in [0.25, 0.3) is 0 Å². The van der Waals surface area contributed by atoms with Crippen LogP contribution in [0.5, 0.6) is 11.5 Å². The van der Waals surface area contributed by atoms with E-state index in [4.69, 9.17) is 17.2 Å². The molecule has 0 aliphatic rings. The molecule has 0 spiro atoms. The number of unbranched alkanes of at least 4 members (excludes halogenated alkanes) is 2. The summed E-state index contributed by atoms with van der Waals surface area (Å²) in [6.45, 7) is 8.92. The Balaban J connectivity index is 2.46. The maximum absolute atomic E-state index is 14.4. The van der Waals surface area contributed by atoms with Crippen LogP contribution in [0.3, 0.4) is 0 Å². The Labute approximate surface area is 582 Å². The highest BCUT2D eigenvalue weighted by Gasteiger charge is 2.43. The van der Waals surface area contributed by atoms with E-state index in [2.05, 4.69) is 52.4 Å². The second-order valence-corrected chi connectivity index (χ2v) is 27.5. The number of carbonyl (C=O) groups excluding carboxylic acids is 11. The molecule has 566 valence electrons. The number of phenols is 2. The van der Waals surface area contributed by atoms with Gasteiger partial charge in [-0.3, -0.25) is 66.6 Å². The van der Waals surface area contributed by atoms with Crippen molar-refractivity contribution in [2.75, 3.05) is 26.2 Å². The fourth-order valence-corrected chi connectivity index (χ4v) is 10.9. The largest absolute Gasteiger partial charge is 0.508 e. The minimum Gasteiger partial charge on any atom is -0.508 e. The molecule has 2 aromatic rings. The first kappa shape index (κ1) is 88.4. The van der Waals surface area contributed by atoms with Gasteiger partial charge in [0.05, 0.1) is 25.2 Å². The van der Waals surface area contributed by atoms with E-state index in [-0.39, 0.29) is 42.9 Å². The van der Waals surface area contributed by atoms with E-state index in [0.29, 0.717) is 44.2 Å². The van der Waals surface area contributed by atoms with Gasteiger partial charge < -0.3 is 116 Å². The number of amides is 11. The average molecular weight is 1470 g/mol. The van der Waals surface area contributed by atoms with Crippen LogP contribution >= 0.6 is 15.4 Å². The molecule has 40 heteroatoms. The van der Waals surface area contributed by atoms with E-state index in [1.165, 1.54) is 62.4 Å². The lowest BCUT2D eigenvalue weighted by Crippen LogP contribution is -2.61. The predicted octanol–water partition coefficient (Wildman–Crippen LogP) is -4.00. The molecular formula is C61H98N14O24P2. The summed E-state index contributed by atoms with van der Waals surface area (Å²) in [5.74, 6) is -21.3. The molecule has 2 aromatic carbocycles. The Kier molecular flexibility index (Phi) is 37.8. The van der Waals surface area contributed by atoms with Crippen molar-refractivity contribution < 1.29 is 116 Å². The van der Waals surface area contributed by atoms with Crippen LogP contribution < -0.4 is 75.7 Å². The summed E-state index contributed by atoms with van der Waals surface area (Å²) in [5.41, 5.74) is 17.7. The minimum atomic E-state index is -6.02. The minimum absolute atomic E-state index is 0.00850. The van der Waals surface area contributed by atoms with Crippen LogP contribution in [0.15, 0.2) is 48.5 Å². The molecule has 12 atom stereocenters. The molecule has 0 aromatic heterocycles. The zero-order chi connectivity index (χ0) is 76.6. The van der Waals surface area contributed by atoms with Gasteiger partial charge in [0.15, 0.2) is 0 Å². The number of phosphoric acid groups is 1. The number of carboxylic acids is 2. The highest BCUT2D eigenvalue weighted by Crippen LogP contribution is 2.41. The molecule has 38 nitrogen and oxygen atoms in total. The Morgan fingerprint density at radius 2 is 0.891 bits per heavy atom. The van der Waals surface area contributed by atoms with Crippen molar-refractivity contribution >= 4 is 92.3 Å². The molecular weight excluding hydrogens is 1370 g/mol. The normalized spacial score (nSPS) is 15.1. The third-order valence-corrected chi connectivity index (χ3v) is 17.2. The Hall–Kier alpha value is -8.71. The lowest BCUT2D eigenvalue weighted by Gasteiger charge is -2.29. The van der Waals surface area contributed by atoms with E-state index in [1.807, 2.05) is 5.32 Å². The number of phenolic OH excluding ortho intramolecular Hbond substituents is 2. The molecule has 0 unspecified atom stereocenters. The smallest absolute Gasteiger partial charge is 0.469 e. The van der Waals surface area contributed by atoms with E-state index >= 15 is 0 Å². The Morgan fingerprint density at radius 1 is 0.465 bits per heavy atom. The Morgan fingerprint density at radius 3 is 1.36 bits per heavy atom. The van der Waals surface area contributed by atoms with Gasteiger partial charge >= 0.3 is 27.4 Å². The second-order valence-electron chi connectivity index (χ2n) is 24.6. The number of aromatic hydroxyl groups is 2. The molecule has 101 heavy (non-hydrogen) atoms. The van der Waals surface area contributed by atoms with Crippen LogP contribution in [-0.2, 0) is 88.8 Å². The van der Waals surface area contributed by atoms with Crippen molar-refractivity contribution in [3.05, 3.63) is 59.7 Å². The lowest BCUT2D eigenvalue weighted by atomic mass is 9.97. The van der Waals surface area contributed by atoms with Crippen molar-refractivity contribution in [3.8, 4) is 11.5 Å². The lowest BCUT2D eigenvalue weighted by molar-refractivity contribution is -0.142. The molecule has 0 fully saturated rings. The standard InChI is InChI=1S/C61H98N14O24P2/c1-8-33(6)49(73-51(82)39(64)13-9-11-25-62)55(86)66-29-44(78)67-40(23-24-46(80)81)53(84)75-60(100(93,94)95)59(90)74-50(34(7)99-101(96,97)98)58(89)69-42(27-35-15-19-37(76)20-16-35)52(83)65-30-45(79)71-47(31(2)3)57(88)72-48(32(4)5)56(87)70-43(28-36-17-21-38(77)22-18-36)54(85)68-41(61(91)92)14-10-12-26-63/h15-22,31-34,39-43,47-50,60,76-77H,8-14,23-30,62-64H2,1-7H3,(H,65,83)(H,66,86)(H,67,78)(H,68,85)(H,69,89)(H,70,87)(H,71,79)(H,72,88)(H,73,82)(H,74,90)(H,75,84)(H,80,81)(H,91,92)(H2,93,94,95)(H2,96,97,98)/t33-,34+,39-,40-,41-,42-,43-,47-,48-,49-,50-,60-/m0/s1. The van der Waals surface area contributed by atoms with Crippen molar-refractivity contribution in [2.24, 2.45) is 35.0 Å². The van der Waals surface area contributed by atoms with Crippen molar-refractivity contribution in [3.63, 3.8) is 0 Å². The molecule has 2 rings (SSSR count). The zero-order valence-corrected chi connectivity index (χ0v) is 58.8. The number of benzene rings is 2. The summed E-state index contributed by atoms with van der Waals surface area (Å²) in [6, 6.07) is -3.89. The van der Waals surface area contributed by atoms with Gasteiger partial charge in [0.2, 0.25) is 64.9 Å². The van der Waals surface area contributed by atoms with Crippen molar-refractivity contribution in [2.45, 2.75) is 185 Å². The number of rotatable bonds is 46. The molecule has 11 amide bonds. The third-order valence-electron chi connectivity index (χ3n) is 15.6. The molecule has 0 aliphatic carbocycles. The number of hydrogen-bond acceptors (Lipinski definition) is 21. The number of hydrogen-bond donors (Lipinski definition) is 22. The van der Waals surface area contributed by atoms with Gasteiger partial charge in [-0.2, -0.15) is 0 Å². The quantitative estimate of drug-likeness (QED) is 0.0222. The predicted molar refractivity (Wildman–Crippen MR) is 359 cm³/mol. The molecule has 0 bridgehead atoms. The van der Waals surface area contributed by atoms with Crippen molar-refractivity contribution in [1.82, 2.24) is 58.5 Å². The number of carbonyl (C=O) groups is 13. The fraction of sp³-hybridized carbons (Fsp3) is 0.590. The average Bonchev–Trinajstić information content (AvgIpc) is 0.831. The first-order chi connectivity index (χ1) is 47.1. The van der Waals surface area contributed by atoms with Gasteiger partial charge in [0, 0.05) is 19.3 Å². The van der Waals surface area contributed by atoms with Gasteiger partial charge in [0.1, 0.15) is 59.8 Å². The van der Waals surface area contributed by atoms with E-state index in [9.17, 15) is 111 Å². The van der Waals surface area contributed by atoms with Crippen molar-refractivity contribution in [1.29, 1.82) is 0 Å². The van der Waals surface area contributed by atoms with Crippen LogP contribution in [0, 0.1) is 17.8 Å². The molecule has 0 aliphatic heterocycles. The van der Waals surface area contributed by atoms with Gasteiger partial charge in [-0.25, -0.2) is 9.36 Å². The SMILES string of the molecule is CC[C@H](C)[C@H](NC(=O)[C@@H](N)CCCCN)C(=O)NCC(=O)N[C@@H](CCC(=O)O)C(=O)N[C@H](C(=O)N[C@H](C(=O)N[C@@H](Cc1ccc(O)cc1)C(=O)NCC(=O)N[C@H](C(=O)N[C@H](C(=O)N[C@@H](Cc1ccc(O)cc1)C(=O)N[C@@H](CCCCN)C(=O)O)C(C)C)C(C)C)[C@@H](C)OP(=O)(O)O)P(=O)(O)O. The van der Waals surface area contributed by atoms with Crippen LogP contribution in [-0.4, -0.2) is 209 Å². The van der Waals surface area contributed by atoms with Gasteiger partial charge in [-0.05, 0) is 112 Å². The van der Waals surface area contributed by atoms with Gasteiger partial charge in [0.25, 0.3) is 5.91 Å². The first-order valence-electron chi connectivity index (χ1n) is 32.3. The number of phosphoric ester groups is 1. The van der Waals surface area contributed by atoms with E-state index < -0.39 is 209 Å². The maximum Gasteiger partial charge on any atom is 0.469 e. The fourth-order valence-electron chi connectivity index (χ4n) is 9.63. The summed E-state index contributed by atoms with van der Waals surface area (Å²) in [6.07, 6.45) is -2.21. The number of aliphatic carboxylic acids is 2. The first-order valence-corrected chi connectivity index (χ1v) is 35.6. The zero-order valence-electron chi connectivity index (χ0n) is 57.0. The number of carboxylic acid groups (broad SMARTS) is 2. The number of nitrogens with two attached hydrogens (primary N) is 3. The summed E-state index contributed by atoms with van der Waals surface area (Å²) >= 11 is 0. The maximum atomic E-state index is 14.4.